The third-order valence-electron chi connectivity index (χ3n) is 2.89. The first kappa shape index (κ1) is 14.6. The van der Waals surface area contributed by atoms with Gasteiger partial charge in [-0.1, -0.05) is 0 Å². The second kappa shape index (κ2) is 6.11. The van der Waals surface area contributed by atoms with Crippen LogP contribution in [0.3, 0.4) is 0 Å². The Bertz CT molecular complexity index is 710. The maximum absolute atomic E-state index is 12.1. The van der Waals surface area contributed by atoms with Crippen molar-refractivity contribution in [1.82, 2.24) is 4.57 Å². The van der Waals surface area contributed by atoms with Crippen LogP contribution in [0.15, 0.2) is 45.8 Å². The van der Waals surface area contributed by atoms with Crippen LogP contribution in [0.5, 0.6) is 0 Å². The molecular weight excluding hydrogens is 324 g/mol. The molecule has 0 aliphatic carbocycles. The summed E-state index contributed by atoms with van der Waals surface area (Å²) in [6, 6.07) is 8.60. The highest BCUT2D eigenvalue weighted by molar-refractivity contribution is 9.10. The van der Waals surface area contributed by atoms with Gasteiger partial charge in [0.15, 0.2) is 7.05 Å². The van der Waals surface area contributed by atoms with Crippen LogP contribution in [0.1, 0.15) is 5.56 Å². The molecule has 6 heteroatoms. The van der Waals surface area contributed by atoms with Crippen molar-refractivity contribution in [3.8, 4) is 5.69 Å². The molecule has 1 aromatic carbocycles. The van der Waals surface area contributed by atoms with Gasteiger partial charge >= 0.3 is 0 Å². The summed E-state index contributed by atoms with van der Waals surface area (Å²) in [7, 11) is 3.00. The van der Waals surface area contributed by atoms with Gasteiger partial charge in [0.2, 0.25) is 0 Å². The van der Waals surface area contributed by atoms with Crippen molar-refractivity contribution in [2.75, 3.05) is 14.2 Å². The van der Waals surface area contributed by atoms with E-state index in [9.17, 15) is 9.70 Å². The molecule has 104 valence electrons. The second-order valence-electron chi connectivity index (χ2n) is 4.27. The minimum atomic E-state index is -0.159. The van der Waals surface area contributed by atoms with E-state index in [0.29, 0.717) is 22.5 Å². The Morgan fingerprint density at radius 2 is 2.10 bits per heavy atom. The van der Waals surface area contributed by atoms with E-state index in [-0.39, 0.29) is 5.56 Å². The average Bonchev–Trinajstić information content (AvgIpc) is 2.42. The molecule has 5 nitrogen and oxygen atoms in total. The van der Waals surface area contributed by atoms with Gasteiger partial charge in [-0.3, -0.25) is 9.36 Å². The predicted molar refractivity (Wildman–Crippen MR) is 79.7 cm³/mol. The lowest BCUT2D eigenvalue weighted by atomic mass is 10.1. The van der Waals surface area contributed by atoms with E-state index < -0.39 is 0 Å². The first-order chi connectivity index (χ1) is 9.54. The lowest BCUT2D eigenvalue weighted by molar-refractivity contribution is -0.428. The van der Waals surface area contributed by atoms with Crippen LogP contribution in [0.4, 0.5) is 5.69 Å². The van der Waals surface area contributed by atoms with Crippen molar-refractivity contribution in [3.05, 3.63) is 61.8 Å². The highest BCUT2D eigenvalue weighted by Gasteiger charge is 2.14. The number of nitrogens with zero attached hydrogens (tertiary/aromatic N) is 2. The molecule has 0 aliphatic heterocycles. The number of aromatic nitrogens is 1. The van der Waals surface area contributed by atoms with E-state index >= 15 is 0 Å². The zero-order chi connectivity index (χ0) is 14.7. The Hall–Kier alpha value is -1.79. The lowest BCUT2D eigenvalue weighted by Crippen LogP contribution is -2.19. The fraction of sp³-hybridized carbons (Fsp3) is 0.214. The van der Waals surface area contributed by atoms with Gasteiger partial charge in [0.05, 0.1) is 16.8 Å². The van der Waals surface area contributed by atoms with E-state index in [1.807, 2.05) is 0 Å². The van der Waals surface area contributed by atoms with E-state index in [1.165, 1.54) is 11.6 Å². The monoisotopic (exact) mass is 337 g/mol. The van der Waals surface area contributed by atoms with Crippen molar-refractivity contribution in [2.45, 2.75) is 6.61 Å². The molecule has 20 heavy (non-hydrogen) atoms. The Morgan fingerprint density at radius 3 is 2.75 bits per heavy atom. The predicted octanol–water partition coefficient (Wildman–Crippen LogP) is 2.79. The number of hydrogen-bond acceptors (Lipinski definition) is 3. The van der Waals surface area contributed by atoms with Crippen molar-refractivity contribution >= 4 is 21.6 Å². The summed E-state index contributed by atoms with van der Waals surface area (Å²) in [5.41, 5.74) is 1.83. The summed E-state index contributed by atoms with van der Waals surface area (Å²) in [5, 5.41) is 0. The molecule has 1 heterocycles. The maximum atomic E-state index is 12.1. The van der Waals surface area contributed by atoms with Crippen LogP contribution in [0, 0.1) is 4.91 Å². The number of ether oxygens (including phenoxy) is 1. The summed E-state index contributed by atoms with van der Waals surface area (Å²) >= 11 is 3.22. The van der Waals surface area contributed by atoms with Crippen LogP contribution in [0.25, 0.3) is 5.69 Å². The highest BCUT2D eigenvalue weighted by atomic mass is 79.9. The third-order valence-corrected chi connectivity index (χ3v) is 3.49. The average molecular weight is 338 g/mol. The number of benzene rings is 1. The summed E-state index contributed by atoms with van der Waals surface area (Å²) in [6.45, 7) is 0.315. The van der Waals surface area contributed by atoms with Crippen LogP contribution in [-0.2, 0) is 11.3 Å². The standard InChI is InChI=1S/C14H14BrN2O3/c1-16(19)11-5-6-13(10(8-11)9-20-2)17-7-3-4-12(15)14(17)18/h3-8H,9H2,1-2H3/q+1. The minimum Gasteiger partial charge on any atom is -0.380 e. The molecule has 0 amide bonds. The first-order valence-electron chi connectivity index (χ1n) is 5.95. The SMILES string of the molecule is COCc1cc([N+](C)=O)ccc1-n1cccc(Br)c1=O. The van der Waals surface area contributed by atoms with Crippen LogP contribution in [0.2, 0.25) is 0 Å². The van der Waals surface area contributed by atoms with Gasteiger partial charge in [0.1, 0.15) is 0 Å². The fourth-order valence-electron chi connectivity index (χ4n) is 1.93. The molecule has 0 fully saturated rings. The number of rotatable bonds is 4. The summed E-state index contributed by atoms with van der Waals surface area (Å²) < 4.78 is 7.92. The number of halogens is 1. The van der Waals surface area contributed by atoms with E-state index in [2.05, 4.69) is 15.9 Å². The van der Waals surface area contributed by atoms with Crippen molar-refractivity contribution < 1.29 is 9.50 Å². The van der Waals surface area contributed by atoms with Gasteiger partial charge < -0.3 is 4.74 Å². The van der Waals surface area contributed by atoms with Gasteiger partial charge in [-0.25, -0.2) is 0 Å². The molecule has 0 N–H and O–H groups in total. The smallest absolute Gasteiger partial charge is 0.269 e. The Balaban J connectivity index is 2.64. The summed E-state index contributed by atoms with van der Waals surface area (Å²) in [4.78, 5) is 23.5. The Kier molecular flexibility index (Phi) is 4.46. The molecule has 0 aliphatic rings. The molecule has 0 unspecified atom stereocenters. The van der Waals surface area contributed by atoms with Gasteiger partial charge in [0.25, 0.3) is 11.2 Å². The van der Waals surface area contributed by atoms with E-state index in [1.54, 1.807) is 43.6 Å². The number of methoxy groups -OCH3 is 1. The molecule has 2 rings (SSSR count). The normalized spacial score (nSPS) is 10.6. The Morgan fingerprint density at radius 1 is 1.35 bits per heavy atom. The Labute approximate surface area is 124 Å². The van der Waals surface area contributed by atoms with Gasteiger partial charge in [0, 0.05) is 40.7 Å². The van der Waals surface area contributed by atoms with E-state index in [4.69, 9.17) is 4.74 Å². The van der Waals surface area contributed by atoms with Gasteiger partial charge in [-0.05, 0) is 34.1 Å². The fourth-order valence-corrected chi connectivity index (χ4v) is 2.27. The van der Waals surface area contributed by atoms with Gasteiger partial charge in [-0.15, -0.1) is 0 Å². The number of nitroso groups, excluding NO2 is 1. The van der Waals surface area contributed by atoms with Crippen LogP contribution in [-0.4, -0.2) is 23.5 Å². The summed E-state index contributed by atoms with van der Waals surface area (Å²) in [5.74, 6) is 0. The number of pyridine rings is 1. The molecule has 0 radical (unpaired) electrons. The number of hydrogen-bond donors (Lipinski definition) is 0. The summed E-state index contributed by atoms with van der Waals surface area (Å²) in [6.07, 6.45) is 1.68. The topological polar surface area (TPSA) is 51.3 Å². The lowest BCUT2D eigenvalue weighted by Gasteiger charge is -2.11. The van der Waals surface area contributed by atoms with Crippen LogP contribution >= 0.6 is 15.9 Å². The molecular formula is C14H14BrN2O3+. The molecule has 0 bridgehead atoms. The molecule has 0 saturated carbocycles. The van der Waals surface area contributed by atoms with Crippen molar-refractivity contribution in [2.24, 2.45) is 0 Å². The zero-order valence-electron chi connectivity index (χ0n) is 11.2. The maximum Gasteiger partial charge on any atom is 0.269 e. The highest BCUT2D eigenvalue weighted by Crippen LogP contribution is 2.21. The van der Waals surface area contributed by atoms with E-state index in [0.717, 1.165) is 10.3 Å². The molecule has 2 aromatic rings. The molecule has 0 saturated heterocycles. The quantitative estimate of drug-likeness (QED) is 0.806. The van der Waals surface area contributed by atoms with Crippen molar-refractivity contribution in [1.29, 1.82) is 0 Å². The van der Waals surface area contributed by atoms with Crippen LogP contribution < -0.4 is 5.56 Å². The molecule has 1 aromatic heterocycles. The van der Waals surface area contributed by atoms with Crippen molar-refractivity contribution in [3.63, 3.8) is 0 Å². The van der Waals surface area contributed by atoms with Gasteiger partial charge in [-0.2, -0.15) is 0 Å². The molecule has 0 spiro atoms. The third kappa shape index (κ3) is 2.86. The second-order valence-corrected chi connectivity index (χ2v) is 5.13. The minimum absolute atomic E-state index is 0.159. The zero-order valence-corrected chi connectivity index (χ0v) is 12.8. The molecule has 0 atom stereocenters. The largest absolute Gasteiger partial charge is 0.380 e. The first-order valence-corrected chi connectivity index (χ1v) is 6.74.